The number of rotatable bonds is 4. The van der Waals surface area contributed by atoms with Crippen molar-refractivity contribution in [2.24, 2.45) is 5.92 Å². The molecule has 4 aromatic heterocycles. The fourth-order valence-electron chi connectivity index (χ4n) is 3.79. The van der Waals surface area contributed by atoms with Gasteiger partial charge in [0.1, 0.15) is 16.4 Å². The van der Waals surface area contributed by atoms with Crippen molar-refractivity contribution in [1.29, 1.82) is 0 Å². The number of anilines is 1. The van der Waals surface area contributed by atoms with Crippen LogP contribution in [0.25, 0.3) is 15.9 Å². The summed E-state index contributed by atoms with van der Waals surface area (Å²) >= 11 is 3.12. The molecule has 0 aromatic carbocycles. The molecule has 0 saturated heterocycles. The number of nitrogens with one attached hydrogen (secondary N) is 1. The Hall–Kier alpha value is -2.46. The number of hydrogen-bond donors (Lipinski definition) is 1. The number of thiophene rings is 1. The molecule has 0 radical (unpaired) electrons. The molecule has 1 N–H and O–H groups in total. The Balaban J connectivity index is 1.44. The normalized spacial score (nSPS) is 16.4. The van der Waals surface area contributed by atoms with Gasteiger partial charge in [0.25, 0.3) is 0 Å². The smallest absolute Gasteiger partial charge is 0.236 e. The van der Waals surface area contributed by atoms with E-state index in [0.29, 0.717) is 22.7 Å². The fourth-order valence-corrected chi connectivity index (χ4v) is 6.00. The highest BCUT2D eigenvalue weighted by Crippen LogP contribution is 2.39. The first-order valence-corrected chi connectivity index (χ1v) is 11.3. The second kappa shape index (κ2) is 7.10. The summed E-state index contributed by atoms with van der Waals surface area (Å²) in [7, 11) is 0. The van der Waals surface area contributed by atoms with Crippen LogP contribution in [0.3, 0.4) is 0 Å². The van der Waals surface area contributed by atoms with E-state index < -0.39 is 0 Å². The van der Waals surface area contributed by atoms with Crippen LogP contribution in [0, 0.1) is 19.8 Å². The minimum absolute atomic E-state index is 0.173. The highest BCUT2D eigenvalue weighted by atomic mass is 32.2. The molecular formula is C19H20N6O2S2. The van der Waals surface area contributed by atoms with Gasteiger partial charge < -0.3 is 9.84 Å². The molecule has 5 rings (SSSR count). The third kappa shape index (κ3) is 3.29. The number of thioether (sulfide) groups is 1. The number of aryl methyl sites for hydroxylation is 3. The molecule has 8 nitrogen and oxygen atoms in total. The Morgan fingerprint density at radius 3 is 3.07 bits per heavy atom. The maximum Gasteiger partial charge on any atom is 0.236 e. The molecule has 0 aliphatic heterocycles. The van der Waals surface area contributed by atoms with Crippen LogP contribution in [0.15, 0.2) is 15.7 Å². The van der Waals surface area contributed by atoms with Crippen LogP contribution in [0.2, 0.25) is 0 Å². The molecule has 1 amide bonds. The van der Waals surface area contributed by atoms with E-state index in [1.54, 1.807) is 24.3 Å². The third-order valence-electron chi connectivity index (χ3n) is 5.16. The maximum absolute atomic E-state index is 12.2. The summed E-state index contributed by atoms with van der Waals surface area (Å²) in [4.78, 5) is 19.5. The second-order valence-electron chi connectivity index (χ2n) is 7.49. The van der Waals surface area contributed by atoms with Crippen LogP contribution < -0.4 is 5.32 Å². The molecule has 0 fully saturated rings. The van der Waals surface area contributed by atoms with Crippen LogP contribution in [0.1, 0.15) is 35.4 Å². The summed E-state index contributed by atoms with van der Waals surface area (Å²) < 4.78 is 6.93. The Bertz CT molecular complexity index is 1240. The zero-order valence-electron chi connectivity index (χ0n) is 16.4. The van der Waals surface area contributed by atoms with Crippen molar-refractivity contribution < 1.29 is 9.32 Å². The third-order valence-corrected chi connectivity index (χ3v) is 7.24. The molecular weight excluding hydrogens is 408 g/mol. The first-order chi connectivity index (χ1) is 14.0. The molecule has 1 aliphatic rings. The van der Waals surface area contributed by atoms with E-state index in [9.17, 15) is 4.79 Å². The van der Waals surface area contributed by atoms with Gasteiger partial charge in [-0.15, -0.1) is 21.5 Å². The van der Waals surface area contributed by atoms with Gasteiger partial charge in [0.2, 0.25) is 5.91 Å². The lowest BCUT2D eigenvalue weighted by molar-refractivity contribution is -0.113. The first-order valence-electron chi connectivity index (χ1n) is 9.51. The summed E-state index contributed by atoms with van der Waals surface area (Å²) in [6.07, 6.45) is 3.36. The summed E-state index contributed by atoms with van der Waals surface area (Å²) in [6, 6.07) is 1.68. The molecule has 0 saturated carbocycles. The number of amides is 1. The van der Waals surface area contributed by atoms with Crippen LogP contribution in [-0.2, 0) is 17.6 Å². The summed E-state index contributed by atoms with van der Waals surface area (Å²) in [5.74, 6) is 2.63. The molecule has 4 aromatic rings. The quantitative estimate of drug-likeness (QED) is 0.494. The van der Waals surface area contributed by atoms with Gasteiger partial charge in [-0.3, -0.25) is 9.20 Å². The fraction of sp³-hybridized carbons (Fsp3) is 0.421. The van der Waals surface area contributed by atoms with E-state index in [4.69, 9.17) is 9.51 Å². The largest absolute Gasteiger partial charge is 0.360 e. The van der Waals surface area contributed by atoms with E-state index in [2.05, 4.69) is 27.6 Å². The Kier molecular flexibility index (Phi) is 4.54. The van der Waals surface area contributed by atoms with Crippen molar-refractivity contribution in [2.45, 2.75) is 45.2 Å². The Morgan fingerprint density at radius 1 is 1.41 bits per heavy atom. The standard InChI is InChI=1S/C19H20N6O2S2/c1-9-4-5-12-13(6-9)29-18-16(12)17-22-23-19(25(17)11(3)20-18)28-8-15(26)21-14-7-10(2)27-24-14/h7,9H,4-6,8H2,1-3H3,(H,21,24,26). The van der Waals surface area contributed by atoms with Gasteiger partial charge in [-0.05, 0) is 44.6 Å². The number of aromatic nitrogens is 5. The summed E-state index contributed by atoms with van der Waals surface area (Å²) in [5.41, 5.74) is 2.22. The first kappa shape index (κ1) is 18.6. The van der Waals surface area contributed by atoms with Gasteiger partial charge in [0.05, 0.1) is 11.1 Å². The molecule has 1 aliphatic carbocycles. The lowest BCUT2D eigenvalue weighted by Crippen LogP contribution is -2.14. The number of hydrogen-bond acceptors (Lipinski definition) is 8. The van der Waals surface area contributed by atoms with Crippen LogP contribution >= 0.6 is 23.1 Å². The van der Waals surface area contributed by atoms with Crippen molar-refractivity contribution in [2.75, 3.05) is 11.1 Å². The van der Waals surface area contributed by atoms with Gasteiger partial charge >= 0.3 is 0 Å². The van der Waals surface area contributed by atoms with Crippen LogP contribution in [0.5, 0.6) is 0 Å². The van der Waals surface area contributed by atoms with Gasteiger partial charge in [0.15, 0.2) is 16.6 Å². The van der Waals surface area contributed by atoms with Crippen LogP contribution in [0.4, 0.5) is 5.82 Å². The molecule has 150 valence electrons. The molecule has 1 unspecified atom stereocenters. The lowest BCUT2D eigenvalue weighted by atomic mass is 9.89. The molecule has 1 atom stereocenters. The molecule has 29 heavy (non-hydrogen) atoms. The van der Waals surface area contributed by atoms with E-state index in [-0.39, 0.29) is 11.7 Å². The van der Waals surface area contributed by atoms with E-state index in [0.717, 1.165) is 34.5 Å². The lowest BCUT2D eigenvalue weighted by Gasteiger charge is -2.17. The van der Waals surface area contributed by atoms with Gasteiger partial charge in [-0.2, -0.15) is 0 Å². The van der Waals surface area contributed by atoms with Crippen LogP contribution in [-0.4, -0.2) is 36.4 Å². The highest BCUT2D eigenvalue weighted by Gasteiger charge is 2.25. The Labute approximate surface area is 175 Å². The number of carbonyl (C=O) groups excluding carboxylic acids is 1. The zero-order chi connectivity index (χ0) is 20.1. The van der Waals surface area contributed by atoms with Gasteiger partial charge in [-0.1, -0.05) is 23.8 Å². The second-order valence-corrected chi connectivity index (χ2v) is 9.52. The van der Waals surface area contributed by atoms with Gasteiger partial charge in [0, 0.05) is 10.9 Å². The van der Waals surface area contributed by atoms with E-state index in [1.165, 1.54) is 28.6 Å². The monoisotopic (exact) mass is 428 g/mol. The molecule has 4 heterocycles. The average molecular weight is 429 g/mol. The topological polar surface area (TPSA) is 98.2 Å². The zero-order valence-corrected chi connectivity index (χ0v) is 18.0. The van der Waals surface area contributed by atoms with Crippen molar-refractivity contribution in [3.63, 3.8) is 0 Å². The minimum atomic E-state index is -0.173. The van der Waals surface area contributed by atoms with Crippen molar-refractivity contribution in [3.05, 3.63) is 28.1 Å². The summed E-state index contributed by atoms with van der Waals surface area (Å²) in [6.45, 7) is 6.04. The Morgan fingerprint density at radius 2 is 2.28 bits per heavy atom. The number of carbonyl (C=O) groups is 1. The number of nitrogens with zero attached hydrogens (tertiary/aromatic N) is 5. The van der Waals surface area contributed by atoms with Crippen molar-refractivity contribution >= 4 is 50.7 Å². The molecule has 0 bridgehead atoms. The average Bonchev–Trinajstić information content (AvgIpc) is 3.36. The minimum Gasteiger partial charge on any atom is -0.360 e. The van der Waals surface area contributed by atoms with Crippen molar-refractivity contribution in [1.82, 2.24) is 24.7 Å². The van der Waals surface area contributed by atoms with Crippen molar-refractivity contribution in [3.8, 4) is 0 Å². The predicted molar refractivity (Wildman–Crippen MR) is 113 cm³/mol. The highest BCUT2D eigenvalue weighted by molar-refractivity contribution is 7.99. The summed E-state index contributed by atoms with van der Waals surface area (Å²) in [5, 5.41) is 17.1. The van der Waals surface area contributed by atoms with E-state index >= 15 is 0 Å². The number of fused-ring (bicyclic) bond motifs is 5. The van der Waals surface area contributed by atoms with E-state index in [1.807, 2.05) is 11.3 Å². The molecule has 10 heteroatoms. The SMILES string of the molecule is Cc1cc(NC(=O)CSc2nnc3c4c5c(sc4nc(C)n23)CC(C)CC5)no1. The predicted octanol–water partition coefficient (Wildman–Crippen LogP) is 3.80. The maximum atomic E-state index is 12.2. The molecule has 0 spiro atoms. The van der Waals surface area contributed by atoms with Gasteiger partial charge in [-0.25, -0.2) is 4.98 Å².